The first-order valence-corrected chi connectivity index (χ1v) is 16.3. The molecule has 0 amide bonds. The highest BCUT2D eigenvalue weighted by atomic mass is 32.2. The molecule has 37 heavy (non-hydrogen) atoms. The predicted molar refractivity (Wildman–Crippen MR) is 146 cm³/mol. The van der Waals surface area contributed by atoms with Crippen LogP contribution in [0.1, 0.15) is 12.8 Å². The summed E-state index contributed by atoms with van der Waals surface area (Å²) in [5.41, 5.74) is 1.78. The van der Waals surface area contributed by atoms with Crippen molar-refractivity contribution < 1.29 is 35.4 Å². The van der Waals surface area contributed by atoms with Crippen LogP contribution < -0.4 is 19.3 Å². The average Bonchev–Trinajstić information content (AvgIpc) is 3.34. The summed E-state index contributed by atoms with van der Waals surface area (Å²) < 4.78 is 74.5. The van der Waals surface area contributed by atoms with Gasteiger partial charge in [-0.2, -0.15) is 16.8 Å². The third-order valence-electron chi connectivity index (χ3n) is 5.84. The summed E-state index contributed by atoms with van der Waals surface area (Å²) in [6, 6.07) is 11.4. The molecule has 2 aromatic carbocycles. The number of thioether (sulfide) groups is 2. The number of nitrogens with zero attached hydrogens (tertiary/aromatic N) is 2. The molecule has 14 heteroatoms. The number of methoxy groups -OCH3 is 2. The van der Waals surface area contributed by atoms with E-state index in [1.165, 1.54) is 0 Å². The fraction of sp³-hybridized carbons (Fsp3) is 0.391. The van der Waals surface area contributed by atoms with Gasteiger partial charge in [-0.1, -0.05) is 23.5 Å². The second-order valence-corrected chi connectivity index (χ2v) is 13.8. The smallest absolute Gasteiger partial charge is 0.264 e. The van der Waals surface area contributed by atoms with E-state index < -0.39 is 20.2 Å². The molecule has 1 unspecified atom stereocenters. The summed E-state index contributed by atoms with van der Waals surface area (Å²) in [5, 5.41) is 0.696. The largest absolute Gasteiger partial charge is 0.497 e. The first-order valence-electron chi connectivity index (χ1n) is 11.3. The van der Waals surface area contributed by atoms with Crippen molar-refractivity contribution in [3.05, 3.63) is 47.5 Å². The zero-order valence-electron chi connectivity index (χ0n) is 20.2. The molecule has 2 aromatic rings. The van der Waals surface area contributed by atoms with Gasteiger partial charge in [0.05, 0.1) is 42.1 Å². The molecule has 2 aliphatic heterocycles. The van der Waals surface area contributed by atoms with Gasteiger partial charge in [0.2, 0.25) is 0 Å². The number of hydrogen-bond acceptors (Lipinski definition) is 10. The molecule has 2 N–H and O–H groups in total. The first-order chi connectivity index (χ1) is 17.5. The second kappa shape index (κ2) is 11.3. The van der Waals surface area contributed by atoms with Crippen LogP contribution in [0.2, 0.25) is 0 Å². The molecule has 202 valence electrons. The van der Waals surface area contributed by atoms with Crippen molar-refractivity contribution in [3.63, 3.8) is 0 Å². The minimum Gasteiger partial charge on any atom is -0.497 e. The SMILES string of the molecule is COc1ccc2c(c1)N(CCCS(=O)(=O)O)C(=CC1Sc3ccc(OC)cc3N1CCCS(=O)(=O)O)S2. The van der Waals surface area contributed by atoms with Gasteiger partial charge >= 0.3 is 0 Å². The van der Waals surface area contributed by atoms with E-state index in [1.807, 2.05) is 41.3 Å². The number of fused-ring (bicyclic) bond motifs is 2. The van der Waals surface area contributed by atoms with Crippen molar-refractivity contribution in [2.75, 3.05) is 48.6 Å². The molecule has 0 saturated carbocycles. The quantitative estimate of drug-likeness (QED) is 0.368. The molecular formula is C23H28N2O8S4. The minimum atomic E-state index is -4.09. The zero-order chi connectivity index (χ0) is 26.8. The van der Waals surface area contributed by atoms with E-state index in [4.69, 9.17) is 9.47 Å². The number of benzene rings is 2. The van der Waals surface area contributed by atoms with Crippen LogP contribution in [0, 0.1) is 0 Å². The van der Waals surface area contributed by atoms with Crippen molar-refractivity contribution in [2.24, 2.45) is 0 Å². The van der Waals surface area contributed by atoms with E-state index in [0.717, 1.165) is 26.2 Å². The lowest BCUT2D eigenvalue weighted by molar-refractivity contribution is 0.414. The third kappa shape index (κ3) is 7.06. The van der Waals surface area contributed by atoms with Gasteiger partial charge in [-0.05, 0) is 43.2 Å². The highest BCUT2D eigenvalue weighted by molar-refractivity contribution is 8.04. The minimum absolute atomic E-state index is 0.189. The molecule has 0 spiro atoms. The Morgan fingerprint density at radius 1 is 0.865 bits per heavy atom. The number of ether oxygens (including phenoxy) is 2. The van der Waals surface area contributed by atoms with E-state index in [1.54, 1.807) is 37.7 Å². The van der Waals surface area contributed by atoms with Crippen molar-refractivity contribution in [1.82, 2.24) is 0 Å². The molecule has 0 saturated heterocycles. The van der Waals surface area contributed by atoms with Crippen LogP contribution >= 0.6 is 23.5 Å². The summed E-state index contributed by atoms with van der Waals surface area (Å²) in [4.78, 5) is 6.07. The second-order valence-electron chi connectivity index (χ2n) is 8.41. The summed E-state index contributed by atoms with van der Waals surface area (Å²) in [5.74, 6) is 0.640. The maximum atomic E-state index is 11.3. The van der Waals surface area contributed by atoms with Crippen molar-refractivity contribution >= 4 is 55.1 Å². The molecule has 2 aliphatic rings. The fourth-order valence-electron chi connectivity index (χ4n) is 4.16. The summed E-state index contributed by atoms with van der Waals surface area (Å²) >= 11 is 3.15. The van der Waals surface area contributed by atoms with Crippen LogP contribution in [-0.2, 0) is 20.2 Å². The molecular weight excluding hydrogens is 561 g/mol. The van der Waals surface area contributed by atoms with Gasteiger partial charge < -0.3 is 19.3 Å². The Morgan fingerprint density at radius 2 is 1.43 bits per heavy atom. The topological polar surface area (TPSA) is 134 Å². The summed E-state index contributed by atoms with van der Waals surface area (Å²) in [6.45, 7) is 0.745. The van der Waals surface area contributed by atoms with Crippen molar-refractivity contribution in [1.29, 1.82) is 0 Å². The molecule has 0 radical (unpaired) electrons. The van der Waals surface area contributed by atoms with E-state index in [-0.39, 0.29) is 29.7 Å². The number of rotatable bonds is 11. The molecule has 2 heterocycles. The summed E-state index contributed by atoms with van der Waals surface area (Å²) in [7, 11) is -5.02. The van der Waals surface area contributed by atoms with E-state index >= 15 is 0 Å². The molecule has 0 bridgehead atoms. The Morgan fingerprint density at radius 3 is 2.03 bits per heavy atom. The van der Waals surface area contributed by atoms with E-state index in [0.29, 0.717) is 24.6 Å². The maximum Gasteiger partial charge on any atom is 0.264 e. The lowest BCUT2D eigenvalue weighted by Crippen LogP contribution is -2.31. The number of hydrogen-bond donors (Lipinski definition) is 2. The average molecular weight is 589 g/mol. The fourth-order valence-corrected chi connectivity index (χ4v) is 7.61. The molecule has 0 aliphatic carbocycles. The standard InChI is InChI=1S/C23H28N2O8S4/c1-32-16-5-7-20-18(13-16)24(9-3-11-36(26,27)28)22(34-20)15-23-25(10-4-12-37(29,30)31)19-14-17(33-2)6-8-21(19)35-23/h5-8,13-15,22H,3-4,9-12H2,1-2H3,(H,26,27,28)(H,29,30,31). The highest BCUT2D eigenvalue weighted by Gasteiger charge is 2.33. The molecule has 0 fully saturated rings. The monoisotopic (exact) mass is 588 g/mol. The van der Waals surface area contributed by atoms with E-state index in [9.17, 15) is 25.9 Å². The first kappa shape index (κ1) is 27.9. The Bertz CT molecular complexity index is 1400. The van der Waals surface area contributed by atoms with Crippen molar-refractivity contribution in [2.45, 2.75) is 28.0 Å². The van der Waals surface area contributed by atoms with Crippen LogP contribution in [-0.4, -0.2) is 70.1 Å². The normalized spacial score (nSPS) is 18.3. The highest BCUT2D eigenvalue weighted by Crippen LogP contribution is 2.51. The van der Waals surface area contributed by atoms with Gasteiger partial charge in [0.15, 0.2) is 0 Å². The Labute approximate surface area is 225 Å². The van der Waals surface area contributed by atoms with Gasteiger partial charge in [-0.3, -0.25) is 9.11 Å². The Hall–Kier alpha value is -2.10. The molecule has 1 atom stereocenters. The molecule has 0 aromatic heterocycles. The van der Waals surface area contributed by atoms with Gasteiger partial charge in [0, 0.05) is 35.0 Å². The van der Waals surface area contributed by atoms with Crippen LogP contribution in [0.5, 0.6) is 11.5 Å². The summed E-state index contributed by atoms with van der Waals surface area (Å²) in [6.07, 6.45) is 2.52. The van der Waals surface area contributed by atoms with E-state index in [2.05, 4.69) is 11.0 Å². The van der Waals surface area contributed by atoms with Gasteiger partial charge in [0.1, 0.15) is 16.9 Å². The van der Waals surface area contributed by atoms with Crippen molar-refractivity contribution in [3.8, 4) is 11.5 Å². The maximum absolute atomic E-state index is 11.3. The lowest BCUT2D eigenvalue weighted by atomic mass is 10.2. The molecule has 10 nitrogen and oxygen atoms in total. The van der Waals surface area contributed by atoms with Crippen LogP contribution in [0.25, 0.3) is 0 Å². The third-order valence-corrected chi connectivity index (χ3v) is 9.81. The Balaban J connectivity index is 1.65. The van der Waals surface area contributed by atoms with Gasteiger partial charge in [0.25, 0.3) is 20.2 Å². The Kier molecular flexibility index (Phi) is 8.55. The number of anilines is 2. The zero-order valence-corrected chi connectivity index (χ0v) is 23.5. The van der Waals surface area contributed by atoms with Crippen LogP contribution in [0.3, 0.4) is 0 Å². The molecule has 4 rings (SSSR count). The lowest BCUT2D eigenvalue weighted by Gasteiger charge is -2.27. The van der Waals surface area contributed by atoms with Gasteiger partial charge in [-0.15, -0.1) is 0 Å². The van der Waals surface area contributed by atoms with Crippen LogP contribution in [0.4, 0.5) is 11.4 Å². The van der Waals surface area contributed by atoms with Gasteiger partial charge in [-0.25, -0.2) is 0 Å². The van der Waals surface area contributed by atoms with Crippen LogP contribution in [0.15, 0.2) is 57.3 Å². The predicted octanol–water partition coefficient (Wildman–Crippen LogP) is 3.95.